The van der Waals surface area contributed by atoms with E-state index in [0.29, 0.717) is 44.8 Å². The van der Waals surface area contributed by atoms with Crippen molar-refractivity contribution in [3.63, 3.8) is 0 Å². The highest BCUT2D eigenvalue weighted by Crippen LogP contribution is 2.30. The van der Waals surface area contributed by atoms with E-state index < -0.39 is 0 Å². The summed E-state index contributed by atoms with van der Waals surface area (Å²) in [6.45, 7) is 0. The van der Waals surface area contributed by atoms with Crippen LogP contribution in [0.4, 0.5) is 5.69 Å². The molecule has 9 nitrogen and oxygen atoms in total. The number of aromatic amines is 1. The molecule has 0 aliphatic carbocycles. The number of nitrogens with one attached hydrogen (secondary N) is 2. The molecule has 0 saturated carbocycles. The minimum absolute atomic E-state index is 0.00460. The number of ether oxygens (including phenoxy) is 3. The zero-order chi connectivity index (χ0) is 25.9. The number of amides is 1. The maximum Gasteiger partial charge on any atom is 0.283 e. The first-order valence-corrected chi connectivity index (χ1v) is 12.3. The molecule has 0 aliphatic heterocycles. The van der Waals surface area contributed by atoms with Gasteiger partial charge in [-0.2, -0.15) is 0 Å². The second-order valence-corrected chi connectivity index (χ2v) is 8.98. The van der Waals surface area contributed by atoms with Gasteiger partial charge in [0, 0.05) is 23.0 Å². The number of rotatable bonds is 8. The van der Waals surface area contributed by atoms with Crippen LogP contribution in [0.25, 0.3) is 27.6 Å². The van der Waals surface area contributed by atoms with Crippen molar-refractivity contribution in [3.05, 3.63) is 77.1 Å². The molecule has 0 bridgehead atoms. The zero-order valence-electron chi connectivity index (χ0n) is 20.4. The van der Waals surface area contributed by atoms with Gasteiger partial charge in [-0.25, -0.2) is 4.98 Å². The molecule has 0 atom stereocenters. The third kappa shape index (κ3) is 4.70. The lowest BCUT2D eigenvalue weighted by Gasteiger charge is -2.14. The first-order chi connectivity index (χ1) is 18.0. The van der Waals surface area contributed by atoms with Gasteiger partial charge in [-0.15, -0.1) is 0 Å². The van der Waals surface area contributed by atoms with Crippen molar-refractivity contribution < 1.29 is 19.0 Å². The summed E-state index contributed by atoms with van der Waals surface area (Å²) in [5.41, 5.74) is 2.54. The van der Waals surface area contributed by atoms with Gasteiger partial charge in [-0.3, -0.25) is 14.2 Å². The largest absolute Gasteiger partial charge is 0.497 e. The van der Waals surface area contributed by atoms with Crippen molar-refractivity contribution in [2.75, 3.05) is 32.4 Å². The zero-order valence-corrected chi connectivity index (χ0v) is 21.2. The van der Waals surface area contributed by atoms with E-state index in [2.05, 4.69) is 10.3 Å². The molecule has 2 heterocycles. The molecule has 1 amide bonds. The summed E-state index contributed by atoms with van der Waals surface area (Å²) < 4.78 is 17.5. The third-order valence-corrected chi connectivity index (χ3v) is 6.76. The molecule has 5 rings (SSSR count). The summed E-state index contributed by atoms with van der Waals surface area (Å²) >= 11 is 1.16. The highest BCUT2D eigenvalue weighted by atomic mass is 32.2. The Bertz CT molecular complexity index is 1680. The lowest BCUT2D eigenvalue weighted by molar-refractivity contribution is -0.113. The van der Waals surface area contributed by atoms with E-state index >= 15 is 0 Å². The fourth-order valence-electron chi connectivity index (χ4n) is 4.04. The van der Waals surface area contributed by atoms with E-state index in [-0.39, 0.29) is 17.2 Å². The summed E-state index contributed by atoms with van der Waals surface area (Å²) in [5.74, 6) is 1.40. The number of nitrogens with zero attached hydrogens (tertiary/aromatic N) is 2. The minimum atomic E-state index is -0.290. The van der Waals surface area contributed by atoms with Crippen molar-refractivity contribution >= 4 is 45.3 Å². The summed E-state index contributed by atoms with van der Waals surface area (Å²) in [6.07, 6.45) is 0. The molecule has 0 unspecified atom stereocenters. The molecule has 2 aromatic heterocycles. The molecule has 0 radical (unpaired) electrons. The SMILES string of the molecule is COc1cccc(-n2c(SCC(=O)Nc3cc(OC)ccc3OC)nc3c([nH]c4ccccc43)c2=O)c1. The van der Waals surface area contributed by atoms with Crippen LogP contribution in [0.2, 0.25) is 0 Å². The molecule has 0 aliphatic rings. The molecular formula is C27H24N4O5S. The number of carbonyl (C=O) groups is 1. The van der Waals surface area contributed by atoms with E-state index in [0.717, 1.165) is 22.7 Å². The fourth-order valence-corrected chi connectivity index (χ4v) is 4.85. The monoisotopic (exact) mass is 516 g/mol. The summed E-state index contributed by atoms with van der Waals surface area (Å²) in [7, 11) is 4.64. The lowest BCUT2D eigenvalue weighted by Crippen LogP contribution is -2.23. The van der Waals surface area contributed by atoms with Crippen LogP contribution in [0.15, 0.2) is 76.7 Å². The van der Waals surface area contributed by atoms with Crippen LogP contribution >= 0.6 is 11.8 Å². The predicted octanol–water partition coefficient (Wildman–Crippen LogP) is 4.62. The van der Waals surface area contributed by atoms with Crippen molar-refractivity contribution in [1.82, 2.24) is 14.5 Å². The van der Waals surface area contributed by atoms with Gasteiger partial charge in [0.15, 0.2) is 5.16 Å². The number of aromatic nitrogens is 3. The Morgan fingerprint density at radius 3 is 2.54 bits per heavy atom. The van der Waals surface area contributed by atoms with Gasteiger partial charge in [0.1, 0.15) is 28.3 Å². The van der Waals surface area contributed by atoms with Gasteiger partial charge in [-0.05, 0) is 30.3 Å². The van der Waals surface area contributed by atoms with Crippen LogP contribution in [0.3, 0.4) is 0 Å². The molecule has 3 aromatic carbocycles. The van der Waals surface area contributed by atoms with Gasteiger partial charge >= 0.3 is 0 Å². The lowest BCUT2D eigenvalue weighted by atomic mass is 10.2. The molecule has 0 spiro atoms. The Kier molecular flexibility index (Phi) is 6.74. The average molecular weight is 517 g/mol. The maximum absolute atomic E-state index is 13.7. The molecular weight excluding hydrogens is 492 g/mol. The normalized spacial score (nSPS) is 11.0. The highest BCUT2D eigenvalue weighted by molar-refractivity contribution is 7.99. The molecule has 5 aromatic rings. The molecule has 0 saturated heterocycles. The molecule has 188 valence electrons. The standard InChI is InChI=1S/C27H24N4O5S/c1-34-17-8-6-7-16(13-17)31-26(33)25-24(19-9-4-5-10-20(19)29-25)30-27(31)37-15-23(32)28-21-14-18(35-2)11-12-22(21)36-3/h4-14,29H,15H2,1-3H3,(H,28,32). The Hall–Kier alpha value is -4.44. The van der Waals surface area contributed by atoms with Crippen LogP contribution in [-0.2, 0) is 4.79 Å². The third-order valence-electron chi connectivity index (χ3n) is 5.82. The van der Waals surface area contributed by atoms with Crippen LogP contribution in [0, 0.1) is 0 Å². The average Bonchev–Trinajstić information content (AvgIpc) is 3.31. The van der Waals surface area contributed by atoms with Gasteiger partial charge in [0.25, 0.3) is 5.56 Å². The van der Waals surface area contributed by atoms with E-state index in [1.54, 1.807) is 56.7 Å². The van der Waals surface area contributed by atoms with Gasteiger partial charge < -0.3 is 24.5 Å². The van der Waals surface area contributed by atoms with E-state index in [9.17, 15) is 9.59 Å². The van der Waals surface area contributed by atoms with Crippen molar-refractivity contribution in [3.8, 4) is 22.9 Å². The number of para-hydroxylation sites is 1. The molecule has 2 N–H and O–H groups in total. The minimum Gasteiger partial charge on any atom is -0.497 e. The van der Waals surface area contributed by atoms with Crippen molar-refractivity contribution in [2.45, 2.75) is 5.16 Å². The number of methoxy groups -OCH3 is 3. The van der Waals surface area contributed by atoms with Gasteiger partial charge in [0.2, 0.25) is 5.91 Å². The van der Waals surface area contributed by atoms with E-state index in [1.165, 1.54) is 11.7 Å². The second kappa shape index (κ2) is 10.3. The van der Waals surface area contributed by atoms with Gasteiger partial charge in [0.05, 0.1) is 38.5 Å². The quantitative estimate of drug-likeness (QED) is 0.229. The van der Waals surface area contributed by atoms with Crippen LogP contribution in [0.1, 0.15) is 0 Å². The highest BCUT2D eigenvalue weighted by Gasteiger charge is 2.19. The Morgan fingerprint density at radius 2 is 1.76 bits per heavy atom. The smallest absolute Gasteiger partial charge is 0.283 e. The molecule has 10 heteroatoms. The number of thioether (sulfide) groups is 1. The van der Waals surface area contributed by atoms with Crippen molar-refractivity contribution in [1.29, 1.82) is 0 Å². The first-order valence-electron chi connectivity index (χ1n) is 11.3. The Balaban J connectivity index is 1.54. The Labute approximate surface area is 216 Å². The summed E-state index contributed by atoms with van der Waals surface area (Å²) in [5, 5.41) is 4.07. The second-order valence-electron chi connectivity index (χ2n) is 8.03. The van der Waals surface area contributed by atoms with Crippen LogP contribution in [0.5, 0.6) is 17.2 Å². The van der Waals surface area contributed by atoms with Crippen LogP contribution < -0.4 is 25.1 Å². The van der Waals surface area contributed by atoms with Crippen molar-refractivity contribution in [2.24, 2.45) is 0 Å². The number of anilines is 1. The number of H-pyrrole nitrogens is 1. The number of fused-ring (bicyclic) bond motifs is 3. The van der Waals surface area contributed by atoms with Crippen LogP contribution in [-0.4, -0.2) is 47.5 Å². The first kappa shape index (κ1) is 24.3. The summed E-state index contributed by atoms with van der Waals surface area (Å²) in [6, 6.07) is 19.9. The summed E-state index contributed by atoms with van der Waals surface area (Å²) in [4.78, 5) is 34.7. The van der Waals surface area contributed by atoms with E-state index in [4.69, 9.17) is 19.2 Å². The topological polar surface area (TPSA) is 107 Å². The fraction of sp³-hybridized carbons (Fsp3) is 0.148. The number of benzene rings is 3. The number of hydrogen-bond donors (Lipinski definition) is 2. The Morgan fingerprint density at radius 1 is 0.973 bits per heavy atom. The van der Waals surface area contributed by atoms with E-state index in [1.807, 2.05) is 24.3 Å². The molecule has 0 fully saturated rings. The maximum atomic E-state index is 13.7. The number of hydrogen-bond acceptors (Lipinski definition) is 7. The predicted molar refractivity (Wildman–Crippen MR) is 145 cm³/mol. The molecule has 37 heavy (non-hydrogen) atoms. The number of carbonyl (C=O) groups excluding carboxylic acids is 1. The van der Waals surface area contributed by atoms with Gasteiger partial charge in [-0.1, -0.05) is 36.0 Å².